The highest BCUT2D eigenvalue weighted by Crippen LogP contribution is 2.62. The summed E-state index contributed by atoms with van der Waals surface area (Å²) in [5.41, 5.74) is 2.90. The normalized spacial score (nSPS) is 37.3. The molecule has 1 fully saturated rings. The first-order valence-electron chi connectivity index (χ1n) is 9.78. The quantitative estimate of drug-likeness (QED) is 0.602. The summed E-state index contributed by atoms with van der Waals surface area (Å²) in [6, 6.07) is 4.89. The second-order valence-corrected chi connectivity index (χ2v) is 13.8. The van der Waals surface area contributed by atoms with E-state index < -0.39 is 8.32 Å². The van der Waals surface area contributed by atoms with Crippen LogP contribution >= 0.6 is 0 Å². The molecule has 0 N–H and O–H groups in total. The molecule has 4 nitrogen and oxygen atoms in total. The molecule has 2 aliphatic carbocycles. The van der Waals surface area contributed by atoms with E-state index in [0.717, 1.165) is 30.9 Å². The zero-order valence-corrected chi connectivity index (χ0v) is 17.4. The van der Waals surface area contributed by atoms with Gasteiger partial charge in [0.15, 0.2) is 19.8 Å². The fourth-order valence-electron chi connectivity index (χ4n) is 5.88. The van der Waals surface area contributed by atoms with E-state index in [1.54, 1.807) is 7.11 Å². The van der Waals surface area contributed by atoms with Crippen molar-refractivity contribution in [1.29, 1.82) is 0 Å². The maximum absolute atomic E-state index is 6.70. The van der Waals surface area contributed by atoms with Gasteiger partial charge < -0.3 is 18.8 Å². The first-order chi connectivity index (χ1) is 12.3. The van der Waals surface area contributed by atoms with Gasteiger partial charge in [-0.1, -0.05) is 18.2 Å². The molecule has 2 aliphatic heterocycles. The standard InChI is InChI=1S/C21H29NO3Si/c1-22-11-10-21-14-7-9-17(25-26(3,4)5)20(21)24-19-16(23-2)8-6-13(18(19)21)12-15(14)22/h6-9,14-15,17,20H,10-12H2,1-5H3/t14-,15+,17?,20?,21-/m0/s1. The van der Waals surface area contributed by atoms with Crippen LogP contribution in [0.25, 0.3) is 0 Å². The molecule has 2 bridgehead atoms. The number of likely N-dealkylation sites (N-methyl/N-ethyl adjacent to an activating group) is 1. The van der Waals surface area contributed by atoms with Gasteiger partial charge in [-0.05, 0) is 57.7 Å². The number of benzene rings is 1. The maximum Gasteiger partial charge on any atom is 0.184 e. The van der Waals surface area contributed by atoms with E-state index in [4.69, 9.17) is 13.9 Å². The van der Waals surface area contributed by atoms with E-state index in [1.165, 1.54) is 11.1 Å². The van der Waals surface area contributed by atoms with Gasteiger partial charge in [0.1, 0.15) is 12.2 Å². The zero-order chi connectivity index (χ0) is 18.3. The molecule has 0 radical (unpaired) electrons. The molecule has 0 aromatic heterocycles. The molecule has 5 heteroatoms. The van der Waals surface area contributed by atoms with Crippen molar-refractivity contribution in [2.75, 3.05) is 20.7 Å². The van der Waals surface area contributed by atoms with Gasteiger partial charge in [0.25, 0.3) is 0 Å². The Kier molecular flexibility index (Phi) is 3.48. The first-order valence-corrected chi connectivity index (χ1v) is 13.2. The molecule has 140 valence electrons. The maximum atomic E-state index is 6.70. The van der Waals surface area contributed by atoms with Crippen LogP contribution in [0.3, 0.4) is 0 Å². The topological polar surface area (TPSA) is 30.9 Å². The van der Waals surface area contributed by atoms with E-state index in [0.29, 0.717) is 12.0 Å². The molecular weight excluding hydrogens is 342 g/mol. The molecule has 2 unspecified atom stereocenters. The highest BCUT2D eigenvalue weighted by molar-refractivity contribution is 6.69. The molecular formula is C21H29NO3Si. The van der Waals surface area contributed by atoms with Crippen LogP contribution in [0.4, 0.5) is 0 Å². The van der Waals surface area contributed by atoms with Crippen molar-refractivity contribution >= 4 is 8.32 Å². The van der Waals surface area contributed by atoms with Crippen molar-refractivity contribution in [2.24, 2.45) is 5.92 Å². The third-order valence-corrected chi connectivity index (χ3v) is 7.80. The smallest absolute Gasteiger partial charge is 0.184 e. The van der Waals surface area contributed by atoms with Crippen molar-refractivity contribution in [3.63, 3.8) is 0 Å². The predicted molar refractivity (Wildman–Crippen MR) is 105 cm³/mol. The third kappa shape index (κ3) is 2.08. The van der Waals surface area contributed by atoms with Crippen LogP contribution in [0.5, 0.6) is 11.5 Å². The lowest BCUT2D eigenvalue weighted by Crippen LogP contribution is -2.65. The van der Waals surface area contributed by atoms with Gasteiger partial charge in [-0.15, -0.1) is 0 Å². The highest BCUT2D eigenvalue weighted by atomic mass is 28.4. The van der Waals surface area contributed by atoms with Crippen LogP contribution < -0.4 is 9.47 Å². The van der Waals surface area contributed by atoms with Crippen molar-refractivity contribution in [1.82, 2.24) is 4.90 Å². The SMILES string of the molecule is COc1ccc2c3c1OC1C(O[Si](C)(C)C)C=C[C@H]4[C@@H](C2)N(C)CC[C@]314. The third-order valence-electron chi connectivity index (χ3n) is 6.82. The second kappa shape index (κ2) is 5.37. The molecule has 5 rings (SSSR count). The Morgan fingerprint density at radius 2 is 2.04 bits per heavy atom. The molecule has 0 amide bonds. The Morgan fingerprint density at radius 1 is 1.23 bits per heavy atom. The summed E-state index contributed by atoms with van der Waals surface area (Å²) in [7, 11) is 2.34. The van der Waals surface area contributed by atoms with Crippen LogP contribution in [-0.4, -0.2) is 52.2 Å². The summed E-state index contributed by atoms with van der Waals surface area (Å²) >= 11 is 0. The zero-order valence-electron chi connectivity index (χ0n) is 16.4. The number of nitrogens with zero attached hydrogens (tertiary/aromatic N) is 1. The number of ether oxygens (including phenoxy) is 2. The largest absolute Gasteiger partial charge is 0.493 e. The average Bonchev–Trinajstić information content (AvgIpc) is 2.93. The lowest BCUT2D eigenvalue weighted by Gasteiger charge is -2.57. The Bertz CT molecular complexity index is 786. The Hall–Kier alpha value is -1.30. The van der Waals surface area contributed by atoms with E-state index >= 15 is 0 Å². The van der Waals surface area contributed by atoms with E-state index in [1.807, 2.05) is 0 Å². The highest BCUT2D eigenvalue weighted by Gasteiger charge is 2.64. The van der Waals surface area contributed by atoms with Gasteiger partial charge in [-0.3, -0.25) is 0 Å². The van der Waals surface area contributed by atoms with Crippen LogP contribution in [-0.2, 0) is 16.3 Å². The van der Waals surface area contributed by atoms with Crippen LogP contribution in [0.1, 0.15) is 17.5 Å². The Labute approximate surface area is 157 Å². The first kappa shape index (κ1) is 16.8. The number of hydrogen-bond donors (Lipinski definition) is 0. The molecule has 0 saturated carbocycles. The number of rotatable bonds is 3. The molecule has 5 atom stereocenters. The number of piperidine rings is 1. The van der Waals surface area contributed by atoms with Crippen LogP contribution in [0.2, 0.25) is 19.6 Å². The Morgan fingerprint density at radius 3 is 2.77 bits per heavy atom. The van der Waals surface area contributed by atoms with Gasteiger partial charge in [0, 0.05) is 22.9 Å². The van der Waals surface area contributed by atoms with E-state index in [2.05, 4.69) is 55.9 Å². The van der Waals surface area contributed by atoms with Gasteiger partial charge in [0.2, 0.25) is 0 Å². The lowest BCUT2D eigenvalue weighted by molar-refractivity contribution is -0.0402. The summed E-state index contributed by atoms with van der Waals surface area (Å²) < 4.78 is 19.0. The van der Waals surface area contributed by atoms with Crippen molar-refractivity contribution in [2.45, 2.75) is 56.1 Å². The minimum atomic E-state index is -1.68. The van der Waals surface area contributed by atoms with Crippen molar-refractivity contribution < 1.29 is 13.9 Å². The molecule has 1 aromatic rings. The molecule has 1 aromatic carbocycles. The lowest BCUT2D eigenvalue weighted by atomic mass is 9.53. The number of methoxy groups -OCH3 is 1. The van der Waals surface area contributed by atoms with Gasteiger partial charge >= 0.3 is 0 Å². The van der Waals surface area contributed by atoms with Crippen molar-refractivity contribution in [3.05, 3.63) is 35.4 Å². The fraction of sp³-hybridized carbons (Fsp3) is 0.619. The van der Waals surface area contributed by atoms with E-state index in [9.17, 15) is 0 Å². The Balaban J connectivity index is 1.71. The molecule has 26 heavy (non-hydrogen) atoms. The van der Waals surface area contributed by atoms with Crippen LogP contribution in [0.15, 0.2) is 24.3 Å². The summed E-state index contributed by atoms with van der Waals surface area (Å²) in [5, 5.41) is 0. The molecule has 4 aliphatic rings. The van der Waals surface area contributed by atoms with Gasteiger partial charge in [0.05, 0.1) is 7.11 Å². The summed E-state index contributed by atoms with van der Waals surface area (Å²) in [6.45, 7) is 7.90. The monoisotopic (exact) mass is 371 g/mol. The molecule has 1 spiro atoms. The number of hydrogen-bond acceptors (Lipinski definition) is 4. The average molecular weight is 372 g/mol. The summed E-state index contributed by atoms with van der Waals surface area (Å²) in [5.74, 6) is 2.35. The van der Waals surface area contributed by atoms with Crippen LogP contribution in [0, 0.1) is 5.92 Å². The number of likely N-dealkylation sites (tertiary alicyclic amines) is 1. The predicted octanol–water partition coefficient (Wildman–Crippen LogP) is 3.36. The minimum absolute atomic E-state index is 0.0324. The van der Waals surface area contributed by atoms with Crippen molar-refractivity contribution in [3.8, 4) is 11.5 Å². The molecule has 1 saturated heterocycles. The minimum Gasteiger partial charge on any atom is -0.493 e. The summed E-state index contributed by atoms with van der Waals surface area (Å²) in [6.07, 6.45) is 7.05. The second-order valence-electron chi connectivity index (χ2n) is 9.32. The fourth-order valence-corrected chi connectivity index (χ4v) is 6.90. The van der Waals surface area contributed by atoms with Gasteiger partial charge in [-0.25, -0.2) is 0 Å². The van der Waals surface area contributed by atoms with Gasteiger partial charge in [-0.2, -0.15) is 0 Å². The molecule has 2 heterocycles. The van der Waals surface area contributed by atoms with E-state index in [-0.39, 0.29) is 17.6 Å². The summed E-state index contributed by atoms with van der Waals surface area (Å²) in [4.78, 5) is 2.54.